The van der Waals surface area contributed by atoms with Gasteiger partial charge >= 0.3 is 0 Å². The molecule has 0 radical (unpaired) electrons. The highest BCUT2D eigenvalue weighted by molar-refractivity contribution is 7.71. The number of nitrogens with zero attached hydrogens (tertiary/aromatic N) is 4. The van der Waals surface area contributed by atoms with Crippen LogP contribution in [0.15, 0.2) is 97.1 Å². The van der Waals surface area contributed by atoms with Gasteiger partial charge in [-0.05, 0) is 30.4 Å². The highest BCUT2D eigenvalue weighted by Crippen LogP contribution is 2.26. The second-order valence-corrected chi connectivity index (χ2v) is 7.58. The number of aromatic amines is 1. The van der Waals surface area contributed by atoms with Crippen LogP contribution in [0.4, 0.5) is 0 Å². The van der Waals surface area contributed by atoms with Gasteiger partial charge in [0.05, 0.1) is 11.4 Å². The van der Waals surface area contributed by atoms with E-state index >= 15 is 0 Å². The van der Waals surface area contributed by atoms with Crippen molar-refractivity contribution >= 4 is 18.1 Å². The van der Waals surface area contributed by atoms with E-state index in [0.29, 0.717) is 17.2 Å². The molecule has 5 aromatic rings. The molecule has 0 bridgehead atoms. The first-order chi connectivity index (χ1) is 16.2. The van der Waals surface area contributed by atoms with Crippen molar-refractivity contribution in [3.8, 4) is 34.2 Å². The third-order valence-electron chi connectivity index (χ3n) is 4.99. The van der Waals surface area contributed by atoms with Crippen LogP contribution in [-0.4, -0.2) is 30.7 Å². The number of nitrogens with one attached hydrogen (secondary N) is 2. The molecule has 8 heteroatoms. The molecule has 0 unspecified atom stereocenters. The maximum Gasteiger partial charge on any atom is 0.270 e. The third kappa shape index (κ3) is 4.32. The summed E-state index contributed by atoms with van der Waals surface area (Å²) in [6, 6.07) is 30.5. The molecule has 0 aliphatic rings. The van der Waals surface area contributed by atoms with Gasteiger partial charge in [-0.25, -0.2) is 19.7 Å². The van der Waals surface area contributed by atoms with E-state index in [-0.39, 0.29) is 10.7 Å². The lowest BCUT2D eigenvalue weighted by Crippen LogP contribution is -2.24. The van der Waals surface area contributed by atoms with Gasteiger partial charge in [-0.15, -0.1) is 5.10 Å². The van der Waals surface area contributed by atoms with Crippen LogP contribution in [0.2, 0.25) is 0 Å². The van der Waals surface area contributed by atoms with Crippen molar-refractivity contribution in [3.63, 3.8) is 0 Å². The first-order valence-electron chi connectivity index (χ1n) is 10.2. The Labute approximate surface area is 194 Å². The van der Waals surface area contributed by atoms with Crippen molar-refractivity contribution in [2.24, 2.45) is 0 Å². The molecular weight excluding hydrogens is 432 g/mol. The summed E-state index contributed by atoms with van der Waals surface area (Å²) in [5.41, 5.74) is 6.62. The Morgan fingerprint density at radius 2 is 1.30 bits per heavy atom. The summed E-state index contributed by atoms with van der Waals surface area (Å²) in [5, 5.41) is 7.04. The second-order valence-electron chi connectivity index (χ2n) is 7.19. The third-order valence-corrected chi connectivity index (χ3v) is 5.26. The van der Waals surface area contributed by atoms with E-state index < -0.39 is 0 Å². The minimum absolute atomic E-state index is 0.226. The minimum Gasteiger partial charge on any atom is -0.267 e. The average Bonchev–Trinajstić information content (AvgIpc) is 3.25. The van der Waals surface area contributed by atoms with E-state index in [1.807, 2.05) is 72.8 Å². The maximum atomic E-state index is 12.8. The van der Waals surface area contributed by atoms with Gasteiger partial charge in [-0.1, -0.05) is 78.9 Å². The van der Waals surface area contributed by atoms with Crippen molar-refractivity contribution in [2.75, 3.05) is 5.43 Å². The van der Waals surface area contributed by atoms with Crippen molar-refractivity contribution in [1.29, 1.82) is 0 Å². The highest BCUT2D eigenvalue weighted by Gasteiger charge is 2.18. The lowest BCUT2D eigenvalue weighted by molar-refractivity contribution is 0.101. The van der Waals surface area contributed by atoms with E-state index in [0.717, 1.165) is 22.5 Å². The topological polar surface area (TPSA) is 88.5 Å². The van der Waals surface area contributed by atoms with Gasteiger partial charge in [0.2, 0.25) is 16.4 Å². The zero-order valence-electron chi connectivity index (χ0n) is 17.3. The summed E-state index contributed by atoms with van der Waals surface area (Å²) < 4.78 is 1.62. The summed E-state index contributed by atoms with van der Waals surface area (Å²) in [7, 11) is 0. The molecule has 5 rings (SSSR count). The van der Waals surface area contributed by atoms with Crippen LogP contribution in [0.25, 0.3) is 34.2 Å². The monoisotopic (exact) mass is 450 g/mol. The van der Waals surface area contributed by atoms with Crippen LogP contribution in [-0.2, 0) is 0 Å². The smallest absolute Gasteiger partial charge is 0.267 e. The van der Waals surface area contributed by atoms with Crippen molar-refractivity contribution in [1.82, 2.24) is 24.8 Å². The van der Waals surface area contributed by atoms with Crippen LogP contribution in [0.5, 0.6) is 0 Å². The second kappa shape index (κ2) is 8.97. The van der Waals surface area contributed by atoms with E-state index in [9.17, 15) is 4.79 Å². The first-order valence-corrected chi connectivity index (χ1v) is 10.6. The van der Waals surface area contributed by atoms with Crippen LogP contribution in [0.1, 0.15) is 10.4 Å². The quantitative estimate of drug-likeness (QED) is 0.363. The molecule has 1 amide bonds. The van der Waals surface area contributed by atoms with Crippen LogP contribution in [0.3, 0.4) is 0 Å². The number of hydrogen-bond acceptors (Lipinski definition) is 5. The van der Waals surface area contributed by atoms with Gasteiger partial charge in [0.1, 0.15) is 0 Å². The molecule has 2 aromatic heterocycles. The van der Waals surface area contributed by atoms with Gasteiger partial charge in [0.25, 0.3) is 5.91 Å². The maximum absolute atomic E-state index is 12.8. The molecule has 2 N–H and O–H groups in total. The molecule has 0 aliphatic carbocycles. The number of carbonyl (C=O) groups is 1. The normalized spacial score (nSPS) is 10.7. The number of aromatic nitrogens is 5. The van der Waals surface area contributed by atoms with Gasteiger partial charge in [-0.3, -0.25) is 10.2 Å². The highest BCUT2D eigenvalue weighted by atomic mass is 32.1. The molecule has 0 saturated heterocycles. The summed E-state index contributed by atoms with van der Waals surface area (Å²) >= 11 is 5.37. The fourth-order valence-corrected chi connectivity index (χ4v) is 3.54. The Bertz CT molecular complexity index is 1410. The molecular formula is C25H18N6OS. The molecule has 33 heavy (non-hydrogen) atoms. The SMILES string of the molecule is O=C(Nn1c(-c2nc(-c3ccccc3)cc(-c3ccccc3)n2)n[nH]c1=S)c1ccccc1. The van der Waals surface area contributed by atoms with Crippen LogP contribution < -0.4 is 5.43 Å². The zero-order valence-corrected chi connectivity index (χ0v) is 18.2. The standard InChI is InChI=1S/C25H18N6OS/c32-24(19-14-8-3-9-15-19)30-31-23(28-29-25(31)33)22-26-20(17-10-4-1-5-11-17)16-21(27-22)18-12-6-2-7-13-18/h1-16H,(H,29,33)(H,30,32). The fourth-order valence-electron chi connectivity index (χ4n) is 3.37. The lowest BCUT2D eigenvalue weighted by Gasteiger charge is -2.11. The predicted molar refractivity (Wildman–Crippen MR) is 129 cm³/mol. The molecule has 0 spiro atoms. The van der Waals surface area contributed by atoms with Crippen molar-refractivity contribution in [3.05, 3.63) is 107 Å². The Morgan fingerprint density at radius 3 is 1.85 bits per heavy atom. The summed E-state index contributed by atoms with van der Waals surface area (Å²) in [6.45, 7) is 0. The molecule has 2 heterocycles. The van der Waals surface area contributed by atoms with E-state index in [1.165, 1.54) is 4.68 Å². The number of benzene rings is 3. The Hall–Kier alpha value is -4.43. The summed E-state index contributed by atoms with van der Waals surface area (Å²) in [6.07, 6.45) is 0. The number of carbonyl (C=O) groups excluding carboxylic acids is 1. The Balaban J connectivity index is 1.62. The Kier molecular flexibility index (Phi) is 5.57. The van der Waals surface area contributed by atoms with Crippen LogP contribution >= 0.6 is 12.2 Å². The molecule has 0 saturated carbocycles. The molecule has 3 aromatic carbocycles. The van der Waals surface area contributed by atoms with E-state index in [2.05, 4.69) is 15.6 Å². The number of amides is 1. The van der Waals surface area contributed by atoms with Crippen LogP contribution in [0, 0.1) is 4.77 Å². The lowest BCUT2D eigenvalue weighted by atomic mass is 10.1. The molecule has 7 nitrogen and oxygen atoms in total. The largest absolute Gasteiger partial charge is 0.270 e. The number of rotatable bonds is 5. The van der Waals surface area contributed by atoms with Gasteiger partial charge in [0.15, 0.2) is 0 Å². The molecule has 0 aliphatic heterocycles. The summed E-state index contributed by atoms with van der Waals surface area (Å²) in [5.74, 6) is 0.312. The first kappa shape index (κ1) is 20.5. The minimum atomic E-state index is -0.322. The Morgan fingerprint density at radius 1 is 0.788 bits per heavy atom. The van der Waals surface area contributed by atoms with Gasteiger partial charge < -0.3 is 0 Å². The molecule has 0 fully saturated rings. The zero-order chi connectivity index (χ0) is 22.6. The summed E-state index contributed by atoms with van der Waals surface area (Å²) in [4.78, 5) is 22.2. The molecule has 0 atom stereocenters. The van der Waals surface area contributed by atoms with Crippen molar-refractivity contribution in [2.45, 2.75) is 0 Å². The van der Waals surface area contributed by atoms with E-state index in [4.69, 9.17) is 22.2 Å². The molecule has 160 valence electrons. The number of hydrogen-bond donors (Lipinski definition) is 2. The van der Waals surface area contributed by atoms with Gasteiger partial charge in [-0.2, -0.15) is 0 Å². The van der Waals surface area contributed by atoms with Crippen molar-refractivity contribution < 1.29 is 4.79 Å². The van der Waals surface area contributed by atoms with E-state index in [1.54, 1.807) is 24.3 Å². The predicted octanol–water partition coefficient (Wildman–Crippen LogP) is 5.12. The van der Waals surface area contributed by atoms with Gasteiger partial charge in [0, 0.05) is 16.7 Å². The number of H-pyrrole nitrogens is 1. The fraction of sp³-hybridized carbons (Fsp3) is 0. The average molecular weight is 451 g/mol.